The van der Waals surface area contributed by atoms with Gasteiger partial charge in [-0.15, -0.1) is 0 Å². The number of hydrogen-bond donors (Lipinski definition) is 1. The number of imidazole rings is 1. The van der Waals surface area contributed by atoms with Gasteiger partial charge in [-0.05, 0) is 50.6 Å². The third kappa shape index (κ3) is 3.62. The molecule has 0 radical (unpaired) electrons. The van der Waals surface area contributed by atoms with Gasteiger partial charge in [-0.1, -0.05) is 23.7 Å². The summed E-state index contributed by atoms with van der Waals surface area (Å²) in [5.41, 5.74) is 2.55. The maximum absolute atomic E-state index is 12.5. The van der Waals surface area contributed by atoms with Crippen LogP contribution in [0.25, 0.3) is 0 Å². The molecule has 0 bridgehead atoms. The normalized spacial score (nSPS) is 16.3. The lowest BCUT2D eigenvalue weighted by molar-refractivity contribution is 0.0929. The molecule has 1 N–H and O–H groups in total. The summed E-state index contributed by atoms with van der Waals surface area (Å²) in [6.45, 7) is 4.55. The Bertz CT molecular complexity index is 685. The summed E-state index contributed by atoms with van der Waals surface area (Å²) >= 11 is 6.01. The molecule has 2 heterocycles. The number of amides is 1. The van der Waals surface area contributed by atoms with Crippen LogP contribution in [0.1, 0.15) is 40.6 Å². The van der Waals surface area contributed by atoms with Gasteiger partial charge in [0.2, 0.25) is 0 Å². The molecule has 2 aromatic rings. The van der Waals surface area contributed by atoms with Gasteiger partial charge in [0, 0.05) is 18.6 Å². The maximum atomic E-state index is 12.5. The molecule has 3 rings (SSSR count). The van der Waals surface area contributed by atoms with E-state index < -0.39 is 0 Å². The zero-order valence-electron chi connectivity index (χ0n) is 14.1. The smallest absolute Gasteiger partial charge is 0.269 e. The number of nitrogens with zero attached hydrogens (tertiary/aromatic N) is 3. The Labute approximate surface area is 147 Å². The minimum Gasteiger partial charge on any atom is -0.349 e. The second kappa shape index (κ2) is 7.36. The van der Waals surface area contributed by atoms with Gasteiger partial charge in [-0.2, -0.15) is 0 Å². The minimum atomic E-state index is -0.0781. The van der Waals surface area contributed by atoms with Gasteiger partial charge in [0.05, 0.1) is 18.1 Å². The largest absolute Gasteiger partial charge is 0.349 e. The van der Waals surface area contributed by atoms with E-state index in [2.05, 4.69) is 15.2 Å². The maximum Gasteiger partial charge on any atom is 0.269 e. The van der Waals surface area contributed by atoms with Crippen LogP contribution in [0.3, 0.4) is 0 Å². The van der Waals surface area contributed by atoms with Crippen LogP contribution in [0.5, 0.6) is 0 Å². The Morgan fingerprint density at radius 2 is 1.96 bits per heavy atom. The molecule has 6 heteroatoms. The first-order chi connectivity index (χ1) is 11.6. The van der Waals surface area contributed by atoms with Crippen molar-refractivity contribution in [2.24, 2.45) is 7.05 Å². The number of likely N-dealkylation sites (tertiary alicyclic amines) is 1. The van der Waals surface area contributed by atoms with Gasteiger partial charge in [0.15, 0.2) is 0 Å². The van der Waals surface area contributed by atoms with Crippen LogP contribution >= 0.6 is 11.6 Å². The van der Waals surface area contributed by atoms with Crippen molar-refractivity contribution in [3.8, 4) is 0 Å². The van der Waals surface area contributed by atoms with E-state index in [-0.39, 0.29) is 11.9 Å². The van der Waals surface area contributed by atoms with Crippen molar-refractivity contribution in [2.75, 3.05) is 19.6 Å². The molecular weight excluding hydrogens is 324 g/mol. The van der Waals surface area contributed by atoms with Crippen LogP contribution < -0.4 is 5.32 Å². The molecule has 1 fully saturated rings. The van der Waals surface area contributed by atoms with E-state index >= 15 is 0 Å². The van der Waals surface area contributed by atoms with E-state index in [1.807, 2.05) is 38.2 Å². The van der Waals surface area contributed by atoms with E-state index in [9.17, 15) is 4.79 Å². The second-order valence-corrected chi connectivity index (χ2v) is 6.75. The standard InChI is InChI=1S/C18H23ClN4O/c1-13-17(22(2)12-21-13)18(24)20-11-16(23-9-3-4-10-23)14-5-7-15(19)8-6-14/h5-8,12,16H,3-4,9-11H2,1-2H3,(H,20,24)/t16-/m1/s1. The first-order valence-corrected chi connectivity index (χ1v) is 8.69. The van der Waals surface area contributed by atoms with Gasteiger partial charge in [-0.25, -0.2) is 4.98 Å². The van der Waals surface area contributed by atoms with Crippen molar-refractivity contribution in [1.82, 2.24) is 19.8 Å². The Kier molecular flexibility index (Phi) is 5.21. The van der Waals surface area contributed by atoms with Crippen LogP contribution in [0, 0.1) is 6.92 Å². The zero-order valence-corrected chi connectivity index (χ0v) is 14.9. The summed E-state index contributed by atoms with van der Waals surface area (Å²) in [4.78, 5) is 19.2. The third-order valence-electron chi connectivity index (χ3n) is 4.63. The van der Waals surface area contributed by atoms with Gasteiger partial charge in [0.25, 0.3) is 5.91 Å². The van der Waals surface area contributed by atoms with Crippen molar-refractivity contribution in [2.45, 2.75) is 25.8 Å². The van der Waals surface area contributed by atoms with Crippen molar-refractivity contribution >= 4 is 17.5 Å². The Hall–Kier alpha value is -1.85. The average Bonchev–Trinajstić information content (AvgIpc) is 3.19. The zero-order chi connectivity index (χ0) is 17.1. The van der Waals surface area contributed by atoms with Gasteiger partial charge >= 0.3 is 0 Å². The van der Waals surface area contributed by atoms with Crippen molar-refractivity contribution < 1.29 is 4.79 Å². The summed E-state index contributed by atoms with van der Waals surface area (Å²) in [5.74, 6) is -0.0781. The molecule has 0 spiro atoms. The lowest BCUT2D eigenvalue weighted by Crippen LogP contribution is -2.37. The number of carbonyl (C=O) groups is 1. The lowest BCUT2D eigenvalue weighted by atomic mass is 10.1. The number of carbonyl (C=O) groups excluding carboxylic acids is 1. The van der Waals surface area contributed by atoms with Gasteiger partial charge in [-0.3, -0.25) is 9.69 Å². The summed E-state index contributed by atoms with van der Waals surface area (Å²) < 4.78 is 1.76. The Morgan fingerprint density at radius 1 is 1.29 bits per heavy atom. The predicted molar refractivity (Wildman–Crippen MR) is 95.3 cm³/mol. The molecule has 1 aliphatic rings. The van der Waals surface area contributed by atoms with E-state index in [0.29, 0.717) is 12.2 Å². The van der Waals surface area contributed by atoms with Crippen LogP contribution in [-0.2, 0) is 7.05 Å². The molecule has 0 aliphatic carbocycles. The van der Waals surface area contributed by atoms with Crippen LogP contribution in [0.15, 0.2) is 30.6 Å². The summed E-state index contributed by atoms with van der Waals surface area (Å²) in [5, 5.41) is 3.81. The predicted octanol–water partition coefficient (Wildman–Crippen LogP) is 2.95. The van der Waals surface area contributed by atoms with Crippen molar-refractivity contribution in [3.63, 3.8) is 0 Å². The first kappa shape index (κ1) is 17.0. The highest BCUT2D eigenvalue weighted by Gasteiger charge is 2.25. The quantitative estimate of drug-likeness (QED) is 0.905. The minimum absolute atomic E-state index is 0.0781. The van der Waals surface area contributed by atoms with Crippen LogP contribution in [0.2, 0.25) is 5.02 Å². The Balaban J connectivity index is 1.74. The lowest BCUT2D eigenvalue weighted by Gasteiger charge is -2.28. The molecule has 128 valence electrons. The number of rotatable bonds is 5. The highest BCUT2D eigenvalue weighted by atomic mass is 35.5. The van der Waals surface area contributed by atoms with Crippen LogP contribution in [0.4, 0.5) is 0 Å². The molecule has 24 heavy (non-hydrogen) atoms. The summed E-state index contributed by atoms with van der Waals surface area (Å²) in [6.07, 6.45) is 4.08. The molecule has 1 amide bonds. The molecule has 1 saturated heterocycles. The molecule has 1 aromatic carbocycles. The number of aryl methyl sites for hydroxylation is 2. The fourth-order valence-electron chi connectivity index (χ4n) is 3.34. The number of benzene rings is 1. The van der Waals surface area contributed by atoms with Crippen molar-refractivity contribution in [3.05, 3.63) is 52.6 Å². The Morgan fingerprint density at radius 3 is 2.54 bits per heavy atom. The van der Waals surface area contributed by atoms with E-state index in [1.54, 1.807) is 10.9 Å². The topological polar surface area (TPSA) is 50.2 Å². The van der Waals surface area contributed by atoms with Crippen molar-refractivity contribution in [1.29, 1.82) is 0 Å². The molecule has 1 aromatic heterocycles. The second-order valence-electron chi connectivity index (χ2n) is 6.31. The molecule has 5 nitrogen and oxygen atoms in total. The highest BCUT2D eigenvalue weighted by Crippen LogP contribution is 2.25. The molecule has 0 unspecified atom stereocenters. The molecule has 1 aliphatic heterocycles. The van der Waals surface area contributed by atoms with E-state index in [4.69, 9.17) is 11.6 Å². The molecule has 0 saturated carbocycles. The number of halogens is 1. The van der Waals surface area contributed by atoms with Gasteiger partial charge < -0.3 is 9.88 Å². The van der Waals surface area contributed by atoms with Gasteiger partial charge in [0.1, 0.15) is 5.69 Å². The number of hydrogen-bond acceptors (Lipinski definition) is 3. The number of aromatic nitrogens is 2. The molecule has 1 atom stereocenters. The fraction of sp³-hybridized carbons (Fsp3) is 0.444. The monoisotopic (exact) mass is 346 g/mol. The van der Waals surface area contributed by atoms with E-state index in [1.165, 1.54) is 18.4 Å². The third-order valence-corrected chi connectivity index (χ3v) is 4.88. The fourth-order valence-corrected chi connectivity index (χ4v) is 3.47. The highest BCUT2D eigenvalue weighted by molar-refractivity contribution is 6.30. The first-order valence-electron chi connectivity index (χ1n) is 8.32. The SMILES string of the molecule is Cc1ncn(C)c1C(=O)NC[C@H](c1ccc(Cl)cc1)N1CCCC1. The summed E-state index contributed by atoms with van der Waals surface area (Å²) in [7, 11) is 1.84. The van der Waals surface area contributed by atoms with Crippen LogP contribution in [-0.4, -0.2) is 40.0 Å². The molecular formula is C18H23ClN4O. The number of nitrogens with one attached hydrogen (secondary N) is 1. The summed E-state index contributed by atoms with van der Waals surface area (Å²) in [6, 6.07) is 8.09. The van der Waals surface area contributed by atoms with E-state index in [0.717, 1.165) is 23.8 Å². The average molecular weight is 347 g/mol.